The van der Waals surface area contributed by atoms with Gasteiger partial charge in [0.2, 0.25) is 0 Å². The number of benzene rings is 2. The van der Waals surface area contributed by atoms with Crippen LogP contribution in [0.2, 0.25) is 0 Å². The Bertz CT molecular complexity index is 910. The fraction of sp³-hybridized carbons (Fsp3) is 0.435. The SMILES string of the molecule is COc1cc(O)c(/C=N/O)cc1-c1cc2c(cc1C)C(C)(C)CCC2(C)C. The van der Waals surface area contributed by atoms with E-state index in [1.165, 1.54) is 23.8 Å². The van der Waals surface area contributed by atoms with E-state index in [2.05, 4.69) is 51.9 Å². The van der Waals surface area contributed by atoms with E-state index in [1.807, 2.05) is 6.07 Å². The topological polar surface area (TPSA) is 62.0 Å². The Labute approximate surface area is 161 Å². The molecular formula is C23H29NO3. The number of aromatic hydroxyl groups is 1. The van der Waals surface area contributed by atoms with Crippen molar-refractivity contribution in [3.63, 3.8) is 0 Å². The molecule has 0 spiro atoms. The highest BCUT2D eigenvalue weighted by atomic mass is 16.5. The first-order valence-corrected chi connectivity index (χ1v) is 9.35. The van der Waals surface area contributed by atoms with Crippen molar-refractivity contribution in [2.24, 2.45) is 5.16 Å². The molecule has 0 radical (unpaired) electrons. The number of oxime groups is 1. The van der Waals surface area contributed by atoms with Crippen molar-refractivity contribution < 1.29 is 15.1 Å². The molecule has 4 nitrogen and oxygen atoms in total. The van der Waals surface area contributed by atoms with E-state index < -0.39 is 0 Å². The molecular weight excluding hydrogens is 338 g/mol. The van der Waals surface area contributed by atoms with Gasteiger partial charge in [-0.05, 0) is 65.0 Å². The van der Waals surface area contributed by atoms with Gasteiger partial charge in [0, 0.05) is 17.2 Å². The van der Waals surface area contributed by atoms with Crippen molar-refractivity contribution in [2.75, 3.05) is 7.11 Å². The molecule has 1 aliphatic carbocycles. The summed E-state index contributed by atoms with van der Waals surface area (Å²) in [6.07, 6.45) is 3.55. The molecule has 0 amide bonds. The highest BCUT2D eigenvalue weighted by molar-refractivity contribution is 5.88. The lowest BCUT2D eigenvalue weighted by atomic mass is 9.62. The molecule has 4 heteroatoms. The number of methoxy groups -OCH3 is 1. The predicted molar refractivity (Wildman–Crippen MR) is 109 cm³/mol. The van der Waals surface area contributed by atoms with Crippen LogP contribution >= 0.6 is 0 Å². The molecule has 0 aliphatic heterocycles. The quantitative estimate of drug-likeness (QED) is 0.426. The van der Waals surface area contributed by atoms with Gasteiger partial charge < -0.3 is 15.1 Å². The third-order valence-corrected chi connectivity index (χ3v) is 6.03. The Balaban J connectivity index is 2.29. The maximum absolute atomic E-state index is 10.2. The molecule has 0 unspecified atom stereocenters. The van der Waals surface area contributed by atoms with Crippen LogP contribution in [0.5, 0.6) is 11.5 Å². The van der Waals surface area contributed by atoms with Crippen LogP contribution in [0.25, 0.3) is 11.1 Å². The van der Waals surface area contributed by atoms with Crippen LogP contribution in [0.4, 0.5) is 0 Å². The maximum Gasteiger partial charge on any atom is 0.130 e. The second-order valence-electron chi connectivity index (χ2n) is 8.84. The zero-order valence-electron chi connectivity index (χ0n) is 17.1. The van der Waals surface area contributed by atoms with Crippen LogP contribution in [-0.4, -0.2) is 23.6 Å². The Morgan fingerprint density at radius 1 is 0.963 bits per heavy atom. The minimum Gasteiger partial charge on any atom is -0.507 e. The van der Waals surface area contributed by atoms with E-state index >= 15 is 0 Å². The number of ether oxygens (including phenoxy) is 1. The molecule has 2 aromatic carbocycles. The van der Waals surface area contributed by atoms with Crippen molar-refractivity contribution in [3.8, 4) is 22.6 Å². The summed E-state index contributed by atoms with van der Waals surface area (Å²) in [5.41, 5.74) is 6.60. The van der Waals surface area contributed by atoms with Crippen molar-refractivity contribution in [1.82, 2.24) is 0 Å². The zero-order valence-corrected chi connectivity index (χ0v) is 17.1. The molecule has 3 rings (SSSR count). The predicted octanol–water partition coefficient (Wildman–Crippen LogP) is 5.53. The summed E-state index contributed by atoms with van der Waals surface area (Å²) in [7, 11) is 1.60. The molecule has 2 aromatic rings. The number of hydrogen-bond donors (Lipinski definition) is 2. The number of nitrogens with zero attached hydrogens (tertiary/aromatic N) is 1. The van der Waals surface area contributed by atoms with Crippen LogP contribution in [0.15, 0.2) is 29.4 Å². The molecule has 0 heterocycles. The summed E-state index contributed by atoms with van der Waals surface area (Å²) < 4.78 is 5.54. The van der Waals surface area contributed by atoms with E-state index in [0.717, 1.165) is 23.1 Å². The van der Waals surface area contributed by atoms with Gasteiger partial charge in [-0.3, -0.25) is 0 Å². The molecule has 0 saturated heterocycles. The van der Waals surface area contributed by atoms with Gasteiger partial charge in [-0.15, -0.1) is 0 Å². The summed E-state index contributed by atoms with van der Waals surface area (Å²) in [6.45, 7) is 11.4. The largest absolute Gasteiger partial charge is 0.507 e. The number of aryl methyl sites for hydroxylation is 1. The van der Waals surface area contributed by atoms with Crippen LogP contribution < -0.4 is 4.74 Å². The van der Waals surface area contributed by atoms with Gasteiger partial charge in [-0.1, -0.05) is 38.9 Å². The normalized spacial score (nSPS) is 17.7. The maximum atomic E-state index is 10.2. The fourth-order valence-corrected chi connectivity index (χ4v) is 4.14. The van der Waals surface area contributed by atoms with Gasteiger partial charge in [0.05, 0.1) is 13.3 Å². The lowest BCUT2D eigenvalue weighted by Crippen LogP contribution is -2.34. The van der Waals surface area contributed by atoms with E-state index in [0.29, 0.717) is 11.3 Å². The third kappa shape index (κ3) is 3.29. The molecule has 144 valence electrons. The summed E-state index contributed by atoms with van der Waals surface area (Å²) >= 11 is 0. The van der Waals surface area contributed by atoms with Crippen molar-refractivity contribution in [3.05, 3.63) is 46.5 Å². The van der Waals surface area contributed by atoms with Gasteiger partial charge in [-0.2, -0.15) is 0 Å². The minimum absolute atomic E-state index is 0.0190. The van der Waals surface area contributed by atoms with Gasteiger partial charge >= 0.3 is 0 Å². The number of fused-ring (bicyclic) bond motifs is 1. The van der Waals surface area contributed by atoms with Crippen molar-refractivity contribution in [1.29, 1.82) is 0 Å². The van der Waals surface area contributed by atoms with Crippen LogP contribution in [0, 0.1) is 6.92 Å². The first kappa shape index (κ1) is 19.3. The van der Waals surface area contributed by atoms with E-state index in [4.69, 9.17) is 9.94 Å². The fourth-order valence-electron chi connectivity index (χ4n) is 4.14. The summed E-state index contributed by atoms with van der Waals surface area (Å²) in [4.78, 5) is 0. The summed E-state index contributed by atoms with van der Waals surface area (Å²) in [6, 6.07) is 7.96. The van der Waals surface area contributed by atoms with Gasteiger partial charge in [0.1, 0.15) is 11.5 Å². The molecule has 0 bridgehead atoms. The summed E-state index contributed by atoms with van der Waals surface area (Å²) in [5.74, 6) is 0.615. The number of phenols is 1. The second kappa shape index (κ2) is 6.59. The van der Waals surface area contributed by atoms with Gasteiger partial charge in [0.15, 0.2) is 0 Å². The summed E-state index contributed by atoms with van der Waals surface area (Å²) in [5, 5.41) is 22.1. The first-order valence-electron chi connectivity index (χ1n) is 9.35. The zero-order chi connectivity index (χ0) is 20.0. The van der Waals surface area contributed by atoms with Crippen molar-refractivity contribution in [2.45, 2.75) is 58.3 Å². The number of rotatable bonds is 3. The average molecular weight is 367 g/mol. The number of hydrogen-bond acceptors (Lipinski definition) is 4. The molecule has 1 aliphatic rings. The molecule has 0 fully saturated rings. The van der Waals surface area contributed by atoms with E-state index in [1.54, 1.807) is 13.2 Å². The Hall–Kier alpha value is -2.49. The third-order valence-electron chi connectivity index (χ3n) is 6.03. The van der Waals surface area contributed by atoms with Crippen molar-refractivity contribution >= 4 is 6.21 Å². The molecule has 0 saturated carbocycles. The van der Waals surface area contributed by atoms with Gasteiger partial charge in [0.25, 0.3) is 0 Å². The van der Waals surface area contributed by atoms with E-state index in [-0.39, 0.29) is 16.6 Å². The molecule has 27 heavy (non-hydrogen) atoms. The van der Waals surface area contributed by atoms with Crippen LogP contribution in [0.3, 0.4) is 0 Å². The molecule has 2 N–H and O–H groups in total. The Kier molecular flexibility index (Phi) is 4.71. The standard InChI is InChI=1S/C23H29NO3/c1-14-9-18-19(23(4,5)8-7-22(18,2)3)11-16(14)17-10-15(13-24-26)20(25)12-21(17)27-6/h9-13,25-26H,7-8H2,1-6H3/b24-13+. The first-order chi connectivity index (χ1) is 12.6. The smallest absolute Gasteiger partial charge is 0.130 e. The Morgan fingerprint density at radius 2 is 1.56 bits per heavy atom. The second-order valence-corrected chi connectivity index (χ2v) is 8.84. The lowest BCUT2D eigenvalue weighted by Gasteiger charge is -2.42. The number of phenolic OH excluding ortho intramolecular Hbond substituents is 1. The van der Waals surface area contributed by atoms with E-state index in [9.17, 15) is 5.11 Å². The van der Waals surface area contributed by atoms with Gasteiger partial charge in [-0.25, -0.2) is 0 Å². The lowest BCUT2D eigenvalue weighted by molar-refractivity contribution is 0.321. The molecule has 0 aromatic heterocycles. The molecule has 0 atom stereocenters. The highest BCUT2D eigenvalue weighted by Gasteiger charge is 2.37. The monoisotopic (exact) mass is 367 g/mol. The highest BCUT2D eigenvalue weighted by Crippen LogP contribution is 2.48. The Morgan fingerprint density at radius 3 is 2.11 bits per heavy atom. The van der Waals surface area contributed by atoms with Crippen LogP contribution in [-0.2, 0) is 10.8 Å². The minimum atomic E-state index is 0.0190. The van der Waals surface area contributed by atoms with Crippen LogP contribution in [0.1, 0.15) is 62.8 Å². The average Bonchev–Trinajstić information content (AvgIpc) is 2.60.